The van der Waals surface area contributed by atoms with Gasteiger partial charge < -0.3 is 21.9 Å². The van der Waals surface area contributed by atoms with Crippen molar-refractivity contribution in [1.82, 2.24) is 24.7 Å². The second-order valence-electron chi connectivity index (χ2n) is 8.76. The Hall–Kier alpha value is -5.34. The number of alkyl halides is 3. The van der Waals surface area contributed by atoms with Gasteiger partial charge in [-0.1, -0.05) is 36.4 Å². The van der Waals surface area contributed by atoms with Crippen LogP contribution in [0.1, 0.15) is 34.1 Å². The molecule has 6 N–H and O–H groups in total. The van der Waals surface area contributed by atoms with Gasteiger partial charge in [-0.25, -0.2) is 18.6 Å². The predicted octanol–water partition coefficient (Wildman–Crippen LogP) is 4.45. The third-order valence-electron chi connectivity index (χ3n) is 6.10. The summed E-state index contributed by atoms with van der Waals surface area (Å²) >= 11 is 0. The van der Waals surface area contributed by atoms with Crippen LogP contribution in [0.3, 0.4) is 0 Å². The van der Waals surface area contributed by atoms with E-state index in [4.69, 9.17) is 21.9 Å². The fourth-order valence-corrected chi connectivity index (χ4v) is 4.36. The fourth-order valence-electron chi connectivity index (χ4n) is 4.36. The van der Waals surface area contributed by atoms with Gasteiger partial charge in [0.15, 0.2) is 6.10 Å². The van der Waals surface area contributed by atoms with E-state index in [1.54, 1.807) is 12.1 Å². The molecule has 2 aromatic carbocycles. The molecule has 3 heterocycles. The number of hydrogen-bond donors (Lipinski definition) is 3. The van der Waals surface area contributed by atoms with Gasteiger partial charge in [-0.15, -0.1) is 0 Å². The zero-order valence-corrected chi connectivity index (χ0v) is 20.7. The molecule has 1 atom stereocenters. The third-order valence-corrected chi connectivity index (χ3v) is 6.10. The van der Waals surface area contributed by atoms with E-state index in [1.165, 1.54) is 18.2 Å². The molecule has 0 fully saturated rings. The number of halogens is 5. The summed E-state index contributed by atoms with van der Waals surface area (Å²) in [6.45, 7) is 0. The van der Waals surface area contributed by atoms with Crippen LogP contribution in [0.5, 0.6) is 0 Å². The van der Waals surface area contributed by atoms with Crippen molar-refractivity contribution in [2.45, 2.75) is 18.7 Å². The summed E-state index contributed by atoms with van der Waals surface area (Å²) < 4.78 is 75.9. The quantitative estimate of drug-likeness (QED) is 0.253. The number of pyridine rings is 1. The van der Waals surface area contributed by atoms with E-state index in [9.17, 15) is 26.7 Å². The molecule has 0 saturated heterocycles. The lowest BCUT2D eigenvalue weighted by Crippen LogP contribution is -2.24. The molecule has 1 amide bonds. The maximum Gasteiger partial charge on any atom is 0.416 e. The zero-order valence-electron chi connectivity index (χ0n) is 20.7. The maximum atomic E-state index is 14.3. The Bertz CT molecular complexity index is 1770. The molecule has 3 aromatic heterocycles. The molecule has 0 aliphatic carbocycles. The summed E-state index contributed by atoms with van der Waals surface area (Å²) in [6.07, 6.45) is -7.15. The first-order valence-electron chi connectivity index (χ1n) is 11.8. The molecular formula is C26H19F5N8O2. The van der Waals surface area contributed by atoms with Crippen LogP contribution in [0, 0.1) is 11.6 Å². The summed E-state index contributed by atoms with van der Waals surface area (Å²) in [7, 11) is 0. The topological polar surface area (TPSA) is 161 Å². The monoisotopic (exact) mass is 570 g/mol. The Balaban J connectivity index is 1.66. The number of carbonyl (C=O) groups is 1. The van der Waals surface area contributed by atoms with E-state index in [-0.39, 0.29) is 40.2 Å². The first-order valence-corrected chi connectivity index (χ1v) is 11.8. The summed E-state index contributed by atoms with van der Waals surface area (Å²) in [5.41, 5.74) is 16.2. The number of carbonyl (C=O) groups excluding carboxylic acids is 1. The Morgan fingerprint density at radius 3 is 2.32 bits per heavy atom. The van der Waals surface area contributed by atoms with Crippen LogP contribution < -0.4 is 17.2 Å². The molecule has 0 spiro atoms. The van der Waals surface area contributed by atoms with E-state index in [1.807, 2.05) is 0 Å². The molecule has 0 aliphatic heterocycles. The van der Waals surface area contributed by atoms with Gasteiger partial charge >= 0.3 is 12.3 Å². The average molecular weight is 570 g/mol. The molecule has 5 aromatic rings. The molecule has 0 radical (unpaired) electrons. The summed E-state index contributed by atoms with van der Waals surface area (Å²) in [5, 5.41) is 4.38. The number of nitrogens with two attached hydrogens (primary N) is 3. The number of primary amides is 1. The number of anilines is 2. The Labute approximate surface area is 227 Å². The summed E-state index contributed by atoms with van der Waals surface area (Å²) in [4.78, 5) is 24.0. The van der Waals surface area contributed by atoms with Crippen LogP contribution in [0.25, 0.3) is 17.0 Å². The second kappa shape index (κ2) is 10.3. The SMILES string of the molecule is NC(=O)OC(c1ccccc1C(F)(F)F)c1c(N)nc(-n2nc(Cc3ccccc3F)c3ncc(F)cc32)nc1N. The number of aromatic nitrogens is 5. The highest BCUT2D eigenvalue weighted by molar-refractivity contribution is 5.79. The normalized spacial score (nSPS) is 12.4. The van der Waals surface area contributed by atoms with E-state index >= 15 is 0 Å². The molecule has 41 heavy (non-hydrogen) atoms. The highest BCUT2D eigenvalue weighted by atomic mass is 19.4. The molecule has 1 unspecified atom stereocenters. The molecular weight excluding hydrogens is 551 g/mol. The Morgan fingerprint density at radius 1 is 1.00 bits per heavy atom. The number of amides is 1. The van der Waals surface area contributed by atoms with Gasteiger partial charge in [-0.05, 0) is 17.7 Å². The lowest BCUT2D eigenvalue weighted by Gasteiger charge is -2.23. The minimum absolute atomic E-state index is 0.0272. The standard InChI is InChI=1S/C26H19F5N8O2/c27-13-10-18-20(35-11-13)17(9-12-5-1-4-8-16(12)28)38-39(18)25-36-22(32)19(23(33)37-25)21(41-24(34)40)14-6-2-3-7-15(14)26(29,30)31/h1-8,10-11,21H,9H2,(H2,34,40)(H4,32,33,36,37). The number of nitrogen functional groups attached to an aromatic ring is 2. The van der Waals surface area contributed by atoms with Crippen molar-refractivity contribution >= 4 is 28.8 Å². The van der Waals surface area contributed by atoms with Gasteiger partial charge in [0, 0.05) is 18.1 Å². The molecule has 0 saturated carbocycles. The molecule has 0 aliphatic rings. The van der Waals surface area contributed by atoms with Gasteiger partial charge in [0.1, 0.15) is 28.8 Å². The van der Waals surface area contributed by atoms with Crippen molar-refractivity contribution in [3.8, 4) is 5.95 Å². The summed E-state index contributed by atoms with van der Waals surface area (Å²) in [6, 6.07) is 11.3. The van der Waals surface area contributed by atoms with Crippen molar-refractivity contribution in [3.05, 3.63) is 100 Å². The van der Waals surface area contributed by atoms with E-state index in [0.717, 1.165) is 35.1 Å². The third kappa shape index (κ3) is 5.28. The van der Waals surface area contributed by atoms with Gasteiger partial charge in [-0.2, -0.15) is 32.9 Å². The largest absolute Gasteiger partial charge is 0.436 e. The lowest BCUT2D eigenvalue weighted by molar-refractivity contribution is -0.139. The van der Waals surface area contributed by atoms with Gasteiger partial charge in [0.2, 0.25) is 0 Å². The first-order chi connectivity index (χ1) is 19.4. The molecule has 10 nitrogen and oxygen atoms in total. The average Bonchev–Trinajstić information content (AvgIpc) is 3.25. The number of nitrogens with zero attached hydrogens (tertiary/aromatic N) is 5. The number of hydrogen-bond acceptors (Lipinski definition) is 8. The van der Waals surface area contributed by atoms with Crippen LogP contribution in [0.2, 0.25) is 0 Å². The van der Waals surface area contributed by atoms with Crippen molar-refractivity contribution in [3.63, 3.8) is 0 Å². The van der Waals surface area contributed by atoms with Crippen LogP contribution in [0.15, 0.2) is 60.8 Å². The van der Waals surface area contributed by atoms with Crippen LogP contribution >= 0.6 is 0 Å². The summed E-state index contributed by atoms with van der Waals surface area (Å²) in [5.74, 6) is -2.47. The van der Waals surface area contributed by atoms with Gasteiger partial charge in [-0.3, -0.25) is 0 Å². The van der Waals surface area contributed by atoms with Gasteiger partial charge in [0.25, 0.3) is 5.95 Å². The minimum atomic E-state index is -4.83. The van der Waals surface area contributed by atoms with Crippen molar-refractivity contribution in [2.24, 2.45) is 5.73 Å². The van der Waals surface area contributed by atoms with Crippen LogP contribution in [0.4, 0.5) is 38.4 Å². The molecule has 0 bridgehead atoms. The molecule has 5 rings (SSSR count). The number of fused-ring (bicyclic) bond motifs is 1. The highest BCUT2D eigenvalue weighted by Crippen LogP contribution is 2.40. The lowest BCUT2D eigenvalue weighted by atomic mass is 9.96. The number of ether oxygens (including phenoxy) is 1. The van der Waals surface area contributed by atoms with Crippen LogP contribution in [-0.2, 0) is 17.3 Å². The van der Waals surface area contributed by atoms with Crippen LogP contribution in [-0.4, -0.2) is 30.8 Å². The van der Waals surface area contributed by atoms with E-state index in [2.05, 4.69) is 20.1 Å². The number of benzene rings is 2. The molecule has 210 valence electrons. The predicted molar refractivity (Wildman–Crippen MR) is 136 cm³/mol. The van der Waals surface area contributed by atoms with Gasteiger partial charge in [0.05, 0.1) is 28.5 Å². The Kier molecular flexibility index (Phi) is 6.86. The van der Waals surface area contributed by atoms with E-state index < -0.39 is 52.8 Å². The van der Waals surface area contributed by atoms with Crippen molar-refractivity contribution < 1.29 is 31.5 Å². The highest BCUT2D eigenvalue weighted by Gasteiger charge is 2.38. The smallest absolute Gasteiger partial charge is 0.416 e. The molecule has 15 heteroatoms. The number of rotatable bonds is 6. The maximum absolute atomic E-state index is 14.3. The Morgan fingerprint density at radius 2 is 1.66 bits per heavy atom. The van der Waals surface area contributed by atoms with Crippen molar-refractivity contribution in [2.75, 3.05) is 11.5 Å². The van der Waals surface area contributed by atoms with E-state index in [0.29, 0.717) is 0 Å². The second-order valence-corrected chi connectivity index (χ2v) is 8.76. The first kappa shape index (κ1) is 27.2. The van der Waals surface area contributed by atoms with Crippen molar-refractivity contribution in [1.29, 1.82) is 0 Å². The minimum Gasteiger partial charge on any atom is -0.436 e. The fraction of sp³-hybridized carbons (Fsp3) is 0.115. The zero-order chi connectivity index (χ0) is 29.5.